The summed E-state index contributed by atoms with van der Waals surface area (Å²) in [6.07, 6.45) is 0. The van der Waals surface area contributed by atoms with Gasteiger partial charge in [-0.15, -0.1) is 0 Å². The summed E-state index contributed by atoms with van der Waals surface area (Å²) >= 11 is 0. The summed E-state index contributed by atoms with van der Waals surface area (Å²) in [6, 6.07) is 60.1. The van der Waals surface area contributed by atoms with Crippen LogP contribution < -0.4 is 0 Å². The van der Waals surface area contributed by atoms with Crippen LogP contribution in [0.1, 0.15) is 0 Å². The number of aromatic nitrogens is 2. The predicted octanol–water partition coefficient (Wildman–Crippen LogP) is 12.2. The van der Waals surface area contributed by atoms with E-state index in [4.69, 9.17) is 9.40 Å². The van der Waals surface area contributed by atoms with Crippen LogP contribution in [0.3, 0.4) is 0 Å². The van der Waals surface area contributed by atoms with Crippen LogP contribution in [0, 0.1) is 0 Å². The second-order valence-corrected chi connectivity index (χ2v) is 12.4. The Morgan fingerprint density at radius 2 is 1.08 bits per heavy atom. The van der Waals surface area contributed by atoms with E-state index in [2.05, 4.69) is 168 Å². The first kappa shape index (κ1) is 26.7. The van der Waals surface area contributed by atoms with E-state index < -0.39 is 0 Å². The van der Waals surface area contributed by atoms with Crippen LogP contribution in [0.15, 0.2) is 174 Å². The van der Waals surface area contributed by atoms with Crippen LogP contribution in [0.4, 0.5) is 0 Å². The number of benzene rings is 7. The van der Waals surface area contributed by atoms with Gasteiger partial charge in [0, 0.05) is 32.5 Å². The maximum Gasteiger partial charge on any atom is 0.159 e. The lowest BCUT2D eigenvalue weighted by atomic mass is 9.97. The van der Waals surface area contributed by atoms with Crippen LogP contribution in [-0.2, 0) is 0 Å². The van der Waals surface area contributed by atoms with Gasteiger partial charge in [-0.3, -0.25) is 0 Å². The molecule has 0 atom stereocenters. The Kier molecular flexibility index (Phi) is 5.87. The summed E-state index contributed by atoms with van der Waals surface area (Å²) in [4.78, 5) is 5.02. The van der Waals surface area contributed by atoms with Gasteiger partial charge in [0.1, 0.15) is 5.58 Å². The van der Waals surface area contributed by atoms with Crippen molar-refractivity contribution in [2.45, 2.75) is 0 Å². The van der Waals surface area contributed by atoms with Gasteiger partial charge in [-0.1, -0.05) is 127 Å². The first-order valence-electron chi connectivity index (χ1n) is 16.3. The first-order chi connectivity index (χ1) is 23.8. The quantitative estimate of drug-likeness (QED) is 0.198. The molecule has 10 rings (SSSR count). The Morgan fingerprint density at radius 3 is 1.94 bits per heavy atom. The molecule has 48 heavy (non-hydrogen) atoms. The molecule has 3 heterocycles. The number of furan rings is 1. The highest BCUT2D eigenvalue weighted by atomic mass is 16.3. The van der Waals surface area contributed by atoms with E-state index in [1.165, 1.54) is 21.9 Å². The normalized spacial score (nSPS) is 11.8. The molecule has 224 valence electrons. The fourth-order valence-corrected chi connectivity index (χ4v) is 7.34. The standard InChI is InChI=1S/C45H28N2O/c1-3-12-29(13-4-1)31-22-24-35-34-17-8-10-20-41(34)47(43(35)26-31)42-21-11-18-37-36-25-23-32(27-44(36)48-45(37)42)38-28-40(30-14-5-2-6-15-30)46-39-19-9-7-16-33(38)39/h1-28H. The average molecular weight is 613 g/mol. The van der Waals surface area contributed by atoms with Crippen molar-refractivity contribution in [1.82, 2.24) is 9.55 Å². The molecule has 0 spiro atoms. The van der Waals surface area contributed by atoms with Gasteiger partial charge in [-0.25, -0.2) is 4.98 Å². The van der Waals surface area contributed by atoms with Gasteiger partial charge in [0.25, 0.3) is 0 Å². The molecule has 0 amide bonds. The van der Waals surface area contributed by atoms with Gasteiger partial charge in [-0.2, -0.15) is 0 Å². The number of nitrogens with zero attached hydrogens (tertiary/aromatic N) is 2. The van der Waals surface area contributed by atoms with E-state index in [1.54, 1.807) is 0 Å². The molecule has 0 N–H and O–H groups in total. The lowest BCUT2D eigenvalue weighted by Crippen LogP contribution is -1.94. The Bertz CT molecular complexity index is 2830. The maximum absolute atomic E-state index is 6.87. The van der Waals surface area contributed by atoms with Gasteiger partial charge in [0.05, 0.1) is 27.9 Å². The Balaban J connectivity index is 1.20. The van der Waals surface area contributed by atoms with Gasteiger partial charge in [0.2, 0.25) is 0 Å². The fraction of sp³-hybridized carbons (Fsp3) is 0. The van der Waals surface area contributed by atoms with E-state index in [1.807, 2.05) is 6.07 Å². The molecule has 10 aromatic rings. The average Bonchev–Trinajstić information content (AvgIpc) is 3.70. The molecule has 0 aliphatic carbocycles. The van der Waals surface area contributed by atoms with Crippen LogP contribution >= 0.6 is 0 Å². The molecule has 0 saturated carbocycles. The summed E-state index contributed by atoms with van der Waals surface area (Å²) in [6.45, 7) is 0. The molecule has 3 nitrogen and oxygen atoms in total. The van der Waals surface area contributed by atoms with Crippen molar-refractivity contribution in [3.63, 3.8) is 0 Å². The third-order valence-electron chi connectivity index (χ3n) is 9.60. The van der Waals surface area contributed by atoms with E-state index in [0.29, 0.717) is 0 Å². The molecule has 0 aliphatic heterocycles. The molecule has 0 radical (unpaired) electrons. The number of rotatable bonds is 4. The molecule has 0 aliphatic rings. The number of para-hydroxylation sites is 3. The Morgan fingerprint density at radius 1 is 0.417 bits per heavy atom. The predicted molar refractivity (Wildman–Crippen MR) is 200 cm³/mol. The monoisotopic (exact) mass is 612 g/mol. The van der Waals surface area contributed by atoms with Gasteiger partial charge >= 0.3 is 0 Å². The molecule has 3 heteroatoms. The molecular weight excluding hydrogens is 585 g/mol. The summed E-state index contributed by atoms with van der Waals surface area (Å²) in [5.74, 6) is 0. The largest absolute Gasteiger partial charge is 0.454 e. The van der Waals surface area contributed by atoms with Crippen LogP contribution in [0.2, 0.25) is 0 Å². The van der Waals surface area contributed by atoms with Crippen molar-refractivity contribution in [2.24, 2.45) is 0 Å². The highest BCUT2D eigenvalue weighted by Crippen LogP contribution is 2.41. The number of fused-ring (bicyclic) bond motifs is 7. The number of pyridine rings is 1. The van der Waals surface area contributed by atoms with Crippen LogP contribution in [0.25, 0.3) is 93.8 Å². The minimum Gasteiger partial charge on any atom is -0.454 e. The lowest BCUT2D eigenvalue weighted by Gasteiger charge is -2.10. The van der Waals surface area contributed by atoms with E-state index in [0.717, 1.165) is 71.9 Å². The van der Waals surface area contributed by atoms with E-state index in [9.17, 15) is 0 Å². The van der Waals surface area contributed by atoms with Crippen molar-refractivity contribution in [1.29, 1.82) is 0 Å². The third kappa shape index (κ3) is 4.11. The topological polar surface area (TPSA) is 31.0 Å². The van der Waals surface area contributed by atoms with Crippen molar-refractivity contribution in [2.75, 3.05) is 0 Å². The Labute approximate surface area is 277 Å². The SMILES string of the molecule is c1ccc(-c2ccc3c4ccccc4n(-c4cccc5c4oc4cc(-c6cc(-c7ccccc7)nc7ccccc67)ccc45)c3c2)cc1. The zero-order valence-electron chi connectivity index (χ0n) is 26.0. The molecule has 0 unspecified atom stereocenters. The molecule has 7 aromatic carbocycles. The first-order valence-corrected chi connectivity index (χ1v) is 16.3. The number of hydrogen-bond acceptors (Lipinski definition) is 2. The highest BCUT2D eigenvalue weighted by Gasteiger charge is 2.19. The minimum atomic E-state index is 0.864. The van der Waals surface area contributed by atoms with Gasteiger partial charge in [-0.05, 0) is 64.7 Å². The second kappa shape index (κ2) is 10.5. The van der Waals surface area contributed by atoms with Crippen LogP contribution in [0.5, 0.6) is 0 Å². The summed E-state index contributed by atoms with van der Waals surface area (Å²) < 4.78 is 9.24. The molecule has 0 fully saturated rings. The van der Waals surface area contributed by atoms with E-state index in [-0.39, 0.29) is 0 Å². The molecule has 3 aromatic heterocycles. The summed E-state index contributed by atoms with van der Waals surface area (Å²) in [5, 5.41) is 5.76. The van der Waals surface area contributed by atoms with Crippen molar-refractivity contribution >= 4 is 54.6 Å². The fourth-order valence-electron chi connectivity index (χ4n) is 7.34. The zero-order chi connectivity index (χ0) is 31.6. The minimum absolute atomic E-state index is 0.864. The molecule has 0 bridgehead atoms. The van der Waals surface area contributed by atoms with Crippen molar-refractivity contribution < 1.29 is 4.42 Å². The summed E-state index contributed by atoms with van der Waals surface area (Å²) in [7, 11) is 0. The van der Waals surface area contributed by atoms with Crippen molar-refractivity contribution in [3.05, 3.63) is 170 Å². The molecule has 0 saturated heterocycles. The smallest absolute Gasteiger partial charge is 0.159 e. The molecular formula is C45H28N2O. The highest BCUT2D eigenvalue weighted by molar-refractivity contribution is 6.14. The lowest BCUT2D eigenvalue weighted by molar-refractivity contribution is 0.666. The van der Waals surface area contributed by atoms with Gasteiger partial charge < -0.3 is 8.98 Å². The number of hydrogen-bond donors (Lipinski definition) is 0. The second-order valence-electron chi connectivity index (χ2n) is 12.4. The summed E-state index contributed by atoms with van der Waals surface area (Å²) in [5.41, 5.74) is 12.7. The third-order valence-corrected chi connectivity index (χ3v) is 9.60. The van der Waals surface area contributed by atoms with E-state index >= 15 is 0 Å². The van der Waals surface area contributed by atoms with Crippen LogP contribution in [-0.4, -0.2) is 9.55 Å². The van der Waals surface area contributed by atoms with Gasteiger partial charge in [0.15, 0.2) is 5.58 Å². The van der Waals surface area contributed by atoms with Crippen molar-refractivity contribution in [3.8, 4) is 39.2 Å². The maximum atomic E-state index is 6.87. The zero-order valence-corrected chi connectivity index (χ0v) is 26.0. The Hall–Kier alpha value is -6.45.